The van der Waals surface area contributed by atoms with Gasteiger partial charge < -0.3 is 4.90 Å². The summed E-state index contributed by atoms with van der Waals surface area (Å²) < 4.78 is 25.4. The molecule has 1 aliphatic heterocycles. The van der Waals surface area contributed by atoms with Crippen LogP contribution in [0, 0.1) is 13.8 Å². The largest absolute Gasteiger partial charge is 0.335 e. The molecular weight excluding hydrogens is 386 g/mol. The van der Waals surface area contributed by atoms with E-state index in [1.54, 1.807) is 9.42 Å². The van der Waals surface area contributed by atoms with Crippen LogP contribution in [0.3, 0.4) is 0 Å². The third kappa shape index (κ3) is 4.43. The predicted octanol–water partition coefficient (Wildman–Crippen LogP) is 1.65. The number of amides is 1. The minimum atomic E-state index is -3.05. The number of nitrogens with zero attached hydrogens (tertiary/aromatic N) is 5. The Morgan fingerprint density at radius 3 is 2.78 bits per heavy atom. The summed E-state index contributed by atoms with van der Waals surface area (Å²) in [5, 5.41) is 4.90. The van der Waals surface area contributed by atoms with Gasteiger partial charge in [0.05, 0.1) is 17.3 Å². The number of hydrogen-bond donors (Lipinski definition) is 0. The van der Waals surface area contributed by atoms with Crippen molar-refractivity contribution in [2.75, 3.05) is 17.3 Å². The van der Waals surface area contributed by atoms with Crippen LogP contribution >= 0.6 is 11.8 Å². The van der Waals surface area contributed by atoms with Crippen molar-refractivity contribution in [1.82, 2.24) is 24.5 Å². The van der Waals surface area contributed by atoms with Gasteiger partial charge in [0.1, 0.15) is 0 Å². The second-order valence-corrected chi connectivity index (χ2v) is 10.2. The first kappa shape index (κ1) is 20.1. The van der Waals surface area contributed by atoms with Crippen LogP contribution in [0.1, 0.15) is 38.1 Å². The summed E-state index contributed by atoms with van der Waals surface area (Å²) in [6.07, 6.45) is 1.29. The highest BCUT2D eigenvalue weighted by Gasteiger charge is 2.36. The Kier molecular flexibility index (Phi) is 5.76. The van der Waals surface area contributed by atoms with Crippen LogP contribution in [0.25, 0.3) is 5.78 Å². The lowest BCUT2D eigenvalue weighted by atomic mass is 10.1. The monoisotopic (exact) mass is 411 g/mol. The molecule has 0 bridgehead atoms. The van der Waals surface area contributed by atoms with Crippen LogP contribution in [-0.4, -0.2) is 68.1 Å². The molecule has 0 N–H and O–H groups in total. The lowest BCUT2D eigenvalue weighted by Gasteiger charge is -2.33. The van der Waals surface area contributed by atoms with E-state index in [0.717, 1.165) is 17.8 Å². The number of carbonyl (C=O) groups excluding carboxylic acids is 1. The Hall–Kier alpha value is -1.68. The molecule has 2 aromatic rings. The summed E-state index contributed by atoms with van der Waals surface area (Å²) >= 11 is 1.26. The second kappa shape index (κ2) is 7.75. The SMILES string of the molecule is CC[C@H](C)N(C(=O)CSc1nc2nc(C)cc(C)n2n1)[C@@H]1CCS(=O)(=O)C1. The van der Waals surface area contributed by atoms with Gasteiger partial charge in [0.15, 0.2) is 9.84 Å². The Morgan fingerprint density at radius 1 is 1.41 bits per heavy atom. The molecule has 0 spiro atoms. The molecule has 2 atom stereocenters. The molecule has 1 aliphatic rings. The van der Waals surface area contributed by atoms with Gasteiger partial charge in [0.25, 0.3) is 5.78 Å². The maximum Gasteiger partial charge on any atom is 0.253 e. The summed E-state index contributed by atoms with van der Waals surface area (Å²) in [5.74, 6) is 0.835. The molecule has 0 unspecified atom stereocenters. The Labute approximate surface area is 163 Å². The number of hydrogen-bond acceptors (Lipinski definition) is 7. The Balaban J connectivity index is 1.73. The van der Waals surface area contributed by atoms with Crippen molar-refractivity contribution in [2.24, 2.45) is 0 Å². The molecule has 2 aromatic heterocycles. The zero-order valence-electron chi connectivity index (χ0n) is 16.0. The van der Waals surface area contributed by atoms with Crippen molar-refractivity contribution in [1.29, 1.82) is 0 Å². The molecule has 148 valence electrons. The predicted molar refractivity (Wildman–Crippen MR) is 105 cm³/mol. The molecule has 1 fully saturated rings. The lowest BCUT2D eigenvalue weighted by molar-refractivity contribution is -0.132. The molecule has 8 nitrogen and oxygen atoms in total. The molecule has 3 rings (SSSR count). The number of sulfone groups is 1. The molecule has 1 amide bonds. The highest BCUT2D eigenvalue weighted by atomic mass is 32.2. The smallest absolute Gasteiger partial charge is 0.253 e. The van der Waals surface area contributed by atoms with Gasteiger partial charge >= 0.3 is 0 Å². The number of carbonyl (C=O) groups is 1. The van der Waals surface area contributed by atoms with Crippen molar-refractivity contribution in [2.45, 2.75) is 57.8 Å². The highest BCUT2D eigenvalue weighted by Crippen LogP contribution is 2.24. The number of rotatable bonds is 6. The van der Waals surface area contributed by atoms with E-state index in [1.807, 2.05) is 33.8 Å². The van der Waals surface area contributed by atoms with Crippen LogP contribution in [0.15, 0.2) is 11.2 Å². The minimum absolute atomic E-state index is 0.00279. The summed E-state index contributed by atoms with van der Waals surface area (Å²) in [6, 6.07) is 1.68. The van der Waals surface area contributed by atoms with E-state index >= 15 is 0 Å². The first-order chi connectivity index (χ1) is 12.7. The highest BCUT2D eigenvalue weighted by molar-refractivity contribution is 7.99. The minimum Gasteiger partial charge on any atom is -0.335 e. The third-order valence-electron chi connectivity index (χ3n) is 4.88. The molecule has 27 heavy (non-hydrogen) atoms. The Morgan fingerprint density at radius 2 is 2.15 bits per heavy atom. The van der Waals surface area contributed by atoms with Crippen LogP contribution < -0.4 is 0 Å². The fourth-order valence-electron chi connectivity index (χ4n) is 3.41. The van der Waals surface area contributed by atoms with Gasteiger partial charge in [-0.15, -0.1) is 5.10 Å². The molecule has 0 radical (unpaired) electrons. The molecule has 1 saturated heterocycles. The topological polar surface area (TPSA) is 97.5 Å². The maximum absolute atomic E-state index is 12.9. The van der Waals surface area contributed by atoms with Crippen molar-refractivity contribution < 1.29 is 13.2 Å². The third-order valence-corrected chi connectivity index (χ3v) is 7.45. The standard InChI is InChI=1S/C17H25N5O3S2/c1-5-12(3)21(14-6-7-27(24,25)10-14)15(23)9-26-17-19-16-18-11(2)8-13(4)22(16)20-17/h8,12,14H,5-7,9-10H2,1-4H3/t12-,14+/m0/s1. The average Bonchev–Trinajstić information content (AvgIpc) is 3.16. The maximum atomic E-state index is 12.9. The number of fused-ring (bicyclic) bond motifs is 1. The van der Waals surface area contributed by atoms with Crippen LogP contribution in [0.2, 0.25) is 0 Å². The zero-order valence-corrected chi connectivity index (χ0v) is 17.7. The van der Waals surface area contributed by atoms with Gasteiger partial charge in [-0.1, -0.05) is 18.7 Å². The molecule has 3 heterocycles. The molecule has 0 aromatic carbocycles. The number of aryl methyl sites for hydroxylation is 2. The molecule has 0 aliphatic carbocycles. The van der Waals surface area contributed by atoms with E-state index in [-0.39, 0.29) is 35.2 Å². The van der Waals surface area contributed by atoms with Gasteiger partial charge in [-0.3, -0.25) is 4.79 Å². The van der Waals surface area contributed by atoms with E-state index in [4.69, 9.17) is 0 Å². The number of aromatic nitrogens is 4. The fourth-order valence-corrected chi connectivity index (χ4v) is 5.81. The summed E-state index contributed by atoms with van der Waals surface area (Å²) in [6.45, 7) is 7.80. The Bertz CT molecular complexity index is 957. The normalized spacial score (nSPS) is 20.1. The fraction of sp³-hybridized carbons (Fsp3) is 0.647. The quantitative estimate of drug-likeness (QED) is 0.667. The first-order valence-corrected chi connectivity index (χ1v) is 11.9. The summed E-state index contributed by atoms with van der Waals surface area (Å²) in [4.78, 5) is 23.4. The van der Waals surface area contributed by atoms with Gasteiger partial charge in [0, 0.05) is 23.5 Å². The molecule has 10 heteroatoms. The molecular formula is C17H25N5O3S2. The van der Waals surface area contributed by atoms with E-state index in [1.165, 1.54) is 11.8 Å². The van der Waals surface area contributed by atoms with E-state index in [9.17, 15) is 13.2 Å². The van der Waals surface area contributed by atoms with Gasteiger partial charge in [0.2, 0.25) is 11.1 Å². The van der Waals surface area contributed by atoms with E-state index in [0.29, 0.717) is 17.4 Å². The van der Waals surface area contributed by atoms with Gasteiger partial charge in [-0.05, 0) is 39.7 Å². The first-order valence-electron chi connectivity index (χ1n) is 9.05. The zero-order chi connectivity index (χ0) is 19.8. The van der Waals surface area contributed by atoms with Crippen molar-refractivity contribution >= 4 is 33.3 Å². The summed E-state index contributed by atoms with van der Waals surface area (Å²) in [5.41, 5.74) is 1.80. The van der Waals surface area contributed by atoms with Crippen molar-refractivity contribution in [3.8, 4) is 0 Å². The average molecular weight is 412 g/mol. The lowest BCUT2D eigenvalue weighted by Crippen LogP contribution is -2.47. The van der Waals surface area contributed by atoms with Crippen LogP contribution in [0.4, 0.5) is 0 Å². The molecule has 0 saturated carbocycles. The van der Waals surface area contributed by atoms with E-state index < -0.39 is 9.84 Å². The second-order valence-electron chi connectivity index (χ2n) is 7.05. The van der Waals surface area contributed by atoms with Gasteiger partial charge in [-0.2, -0.15) is 4.98 Å². The van der Waals surface area contributed by atoms with Crippen molar-refractivity contribution in [3.05, 3.63) is 17.5 Å². The van der Waals surface area contributed by atoms with Crippen LogP contribution in [-0.2, 0) is 14.6 Å². The van der Waals surface area contributed by atoms with Gasteiger partial charge in [-0.25, -0.2) is 17.9 Å². The van der Waals surface area contributed by atoms with E-state index in [2.05, 4.69) is 15.1 Å². The number of thioether (sulfide) groups is 1. The van der Waals surface area contributed by atoms with Crippen molar-refractivity contribution in [3.63, 3.8) is 0 Å². The van der Waals surface area contributed by atoms with Crippen LogP contribution in [0.5, 0.6) is 0 Å². The summed E-state index contributed by atoms with van der Waals surface area (Å²) in [7, 11) is -3.05.